The van der Waals surface area contributed by atoms with E-state index in [2.05, 4.69) is 0 Å². The molecule has 21 heavy (non-hydrogen) atoms. The van der Waals surface area contributed by atoms with Crippen molar-refractivity contribution in [3.8, 4) is 11.5 Å². The minimum absolute atomic E-state index is 0.0169. The van der Waals surface area contributed by atoms with E-state index in [0.717, 1.165) is 12.8 Å². The van der Waals surface area contributed by atoms with Crippen LogP contribution in [0.25, 0.3) is 0 Å². The summed E-state index contributed by atoms with van der Waals surface area (Å²) in [6.07, 6.45) is 2.49. The van der Waals surface area contributed by atoms with Crippen LogP contribution in [0.2, 0.25) is 0 Å². The zero-order valence-corrected chi connectivity index (χ0v) is 12.6. The van der Waals surface area contributed by atoms with Gasteiger partial charge in [-0.3, -0.25) is 0 Å². The number of aryl methyl sites for hydroxylation is 1. The van der Waals surface area contributed by atoms with Gasteiger partial charge in [-0.2, -0.15) is 0 Å². The van der Waals surface area contributed by atoms with Crippen molar-refractivity contribution in [3.05, 3.63) is 48.0 Å². The summed E-state index contributed by atoms with van der Waals surface area (Å²) in [5, 5.41) is 19.0. The van der Waals surface area contributed by atoms with E-state index in [9.17, 15) is 18.6 Å². The Kier molecular flexibility index (Phi) is 4.53. The van der Waals surface area contributed by atoms with E-state index in [0.29, 0.717) is 12.0 Å². The van der Waals surface area contributed by atoms with Gasteiger partial charge in [0.05, 0.1) is 9.79 Å². The Morgan fingerprint density at radius 3 is 2.19 bits per heavy atom. The van der Waals surface area contributed by atoms with Crippen LogP contribution in [-0.2, 0) is 16.3 Å². The molecule has 0 aromatic heterocycles. The largest absolute Gasteiger partial charge is 0.508 e. The Morgan fingerprint density at radius 1 is 0.952 bits per heavy atom. The van der Waals surface area contributed by atoms with E-state index in [4.69, 9.17) is 0 Å². The molecule has 0 heterocycles. The molecule has 112 valence electrons. The van der Waals surface area contributed by atoms with Crippen LogP contribution in [0.1, 0.15) is 25.3 Å². The molecule has 0 aliphatic carbocycles. The van der Waals surface area contributed by atoms with Gasteiger partial charge in [-0.25, -0.2) is 8.42 Å². The van der Waals surface area contributed by atoms with Gasteiger partial charge in [-0.1, -0.05) is 13.3 Å². The molecular weight excluding hydrogens is 288 g/mol. The van der Waals surface area contributed by atoms with Crippen molar-refractivity contribution >= 4 is 9.84 Å². The molecule has 2 aromatic rings. The van der Waals surface area contributed by atoms with Gasteiger partial charge in [-0.15, -0.1) is 0 Å². The minimum atomic E-state index is -3.64. The third-order valence-corrected chi connectivity index (χ3v) is 5.08. The minimum Gasteiger partial charge on any atom is -0.508 e. The molecular formula is C16H18O4S. The molecule has 0 saturated carbocycles. The predicted octanol–water partition coefficient (Wildman–Crippen LogP) is 3.27. The van der Waals surface area contributed by atoms with E-state index >= 15 is 0 Å². The fourth-order valence-corrected chi connectivity index (χ4v) is 3.37. The van der Waals surface area contributed by atoms with Crippen molar-refractivity contribution in [2.45, 2.75) is 36.0 Å². The van der Waals surface area contributed by atoms with Crippen LogP contribution in [0.3, 0.4) is 0 Å². The summed E-state index contributed by atoms with van der Waals surface area (Å²) in [5.74, 6) is 0.136. The van der Waals surface area contributed by atoms with Crippen molar-refractivity contribution in [2.75, 3.05) is 0 Å². The predicted molar refractivity (Wildman–Crippen MR) is 80.3 cm³/mol. The molecule has 0 atom stereocenters. The van der Waals surface area contributed by atoms with Gasteiger partial charge in [-0.05, 0) is 60.9 Å². The van der Waals surface area contributed by atoms with Crippen LogP contribution in [0.4, 0.5) is 0 Å². The smallest absolute Gasteiger partial charge is 0.206 e. The SMILES string of the molecule is CCCCc1cc(S(=O)(=O)c2ccc(O)cc2)ccc1O. The summed E-state index contributed by atoms with van der Waals surface area (Å²) < 4.78 is 25.0. The maximum Gasteiger partial charge on any atom is 0.206 e. The van der Waals surface area contributed by atoms with Crippen LogP contribution < -0.4 is 0 Å². The molecule has 2 aromatic carbocycles. The highest BCUT2D eigenvalue weighted by molar-refractivity contribution is 7.91. The van der Waals surface area contributed by atoms with E-state index in [1.54, 1.807) is 0 Å². The van der Waals surface area contributed by atoms with Gasteiger partial charge in [0, 0.05) is 0 Å². The molecule has 0 fully saturated rings. The number of hydrogen-bond acceptors (Lipinski definition) is 4. The Labute approximate surface area is 124 Å². The zero-order valence-electron chi connectivity index (χ0n) is 11.8. The maximum atomic E-state index is 12.5. The summed E-state index contributed by atoms with van der Waals surface area (Å²) in [5.41, 5.74) is 0.636. The first-order valence-electron chi connectivity index (χ1n) is 6.81. The Bertz CT molecular complexity index is 718. The van der Waals surface area contributed by atoms with E-state index in [1.807, 2.05) is 6.92 Å². The summed E-state index contributed by atoms with van der Waals surface area (Å²) in [7, 11) is -3.64. The number of hydrogen-bond donors (Lipinski definition) is 2. The molecule has 0 unspecified atom stereocenters. The molecule has 0 aliphatic heterocycles. The second kappa shape index (κ2) is 6.18. The van der Waals surface area contributed by atoms with E-state index in [1.165, 1.54) is 42.5 Å². The normalized spacial score (nSPS) is 11.5. The van der Waals surface area contributed by atoms with Crippen LogP contribution in [0.15, 0.2) is 52.3 Å². The van der Waals surface area contributed by atoms with E-state index < -0.39 is 9.84 Å². The van der Waals surface area contributed by atoms with Gasteiger partial charge in [0.2, 0.25) is 9.84 Å². The van der Waals surface area contributed by atoms with Gasteiger partial charge >= 0.3 is 0 Å². The van der Waals surface area contributed by atoms with Crippen LogP contribution >= 0.6 is 0 Å². The van der Waals surface area contributed by atoms with Crippen LogP contribution in [0.5, 0.6) is 11.5 Å². The highest BCUT2D eigenvalue weighted by Gasteiger charge is 2.19. The number of aromatic hydroxyl groups is 2. The zero-order chi connectivity index (χ0) is 15.5. The molecule has 2 N–H and O–H groups in total. The first-order chi connectivity index (χ1) is 9.95. The van der Waals surface area contributed by atoms with E-state index in [-0.39, 0.29) is 21.3 Å². The number of phenolic OH excluding ortho intramolecular Hbond substituents is 2. The molecule has 0 spiro atoms. The third-order valence-electron chi connectivity index (χ3n) is 3.31. The Balaban J connectivity index is 2.42. The number of rotatable bonds is 5. The fraction of sp³-hybridized carbons (Fsp3) is 0.250. The van der Waals surface area contributed by atoms with Crippen molar-refractivity contribution in [1.29, 1.82) is 0 Å². The Morgan fingerprint density at radius 2 is 1.57 bits per heavy atom. The maximum absolute atomic E-state index is 12.5. The topological polar surface area (TPSA) is 74.6 Å². The van der Waals surface area contributed by atoms with Gasteiger partial charge in [0.25, 0.3) is 0 Å². The molecule has 0 radical (unpaired) electrons. The van der Waals surface area contributed by atoms with Crippen LogP contribution in [0, 0.1) is 0 Å². The molecule has 0 bridgehead atoms. The summed E-state index contributed by atoms with van der Waals surface area (Å²) in [6.45, 7) is 2.04. The summed E-state index contributed by atoms with van der Waals surface area (Å²) in [4.78, 5) is 0.268. The third kappa shape index (κ3) is 3.36. The highest BCUT2D eigenvalue weighted by atomic mass is 32.2. The molecule has 0 aliphatic rings. The number of benzene rings is 2. The average Bonchev–Trinajstić information content (AvgIpc) is 2.46. The number of sulfone groups is 1. The monoisotopic (exact) mass is 306 g/mol. The molecule has 0 amide bonds. The van der Waals surface area contributed by atoms with Crippen molar-refractivity contribution < 1.29 is 18.6 Å². The lowest BCUT2D eigenvalue weighted by Crippen LogP contribution is -2.02. The molecule has 5 heteroatoms. The van der Waals surface area contributed by atoms with Gasteiger partial charge in [0.1, 0.15) is 11.5 Å². The van der Waals surface area contributed by atoms with Crippen molar-refractivity contribution in [2.24, 2.45) is 0 Å². The van der Waals surface area contributed by atoms with Gasteiger partial charge in [0.15, 0.2) is 0 Å². The lowest BCUT2D eigenvalue weighted by Gasteiger charge is -2.09. The molecule has 0 saturated heterocycles. The quantitative estimate of drug-likeness (QED) is 0.889. The van der Waals surface area contributed by atoms with Crippen molar-refractivity contribution in [1.82, 2.24) is 0 Å². The summed E-state index contributed by atoms with van der Waals surface area (Å²) >= 11 is 0. The average molecular weight is 306 g/mol. The Hall–Kier alpha value is -2.01. The first-order valence-corrected chi connectivity index (χ1v) is 8.29. The summed E-state index contributed by atoms with van der Waals surface area (Å²) in [6, 6.07) is 9.74. The second-order valence-corrected chi connectivity index (χ2v) is 6.84. The highest BCUT2D eigenvalue weighted by Crippen LogP contribution is 2.27. The van der Waals surface area contributed by atoms with Gasteiger partial charge < -0.3 is 10.2 Å². The van der Waals surface area contributed by atoms with Crippen LogP contribution in [-0.4, -0.2) is 18.6 Å². The lowest BCUT2D eigenvalue weighted by molar-refractivity contribution is 0.466. The van der Waals surface area contributed by atoms with Crippen molar-refractivity contribution in [3.63, 3.8) is 0 Å². The number of phenols is 2. The first kappa shape index (κ1) is 15.4. The molecule has 2 rings (SSSR count). The lowest BCUT2D eigenvalue weighted by atomic mass is 10.1. The second-order valence-electron chi connectivity index (χ2n) is 4.89. The fourth-order valence-electron chi connectivity index (χ4n) is 2.06. The number of unbranched alkanes of at least 4 members (excludes halogenated alkanes) is 1. The standard InChI is InChI=1S/C16H18O4S/c1-2-3-4-12-11-15(9-10-16(12)18)21(19,20)14-7-5-13(17)6-8-14/h5-11,17-18H,2-4H2,1H3. The molecule has 4 nitrogen and oxygen atoms in total.